The molecule has 0 radical (unpaired) electrons. The largest absolute Gasteiger partial charge is 0.397 e. The predicted molar refractivity (Wildman–Crippen MR) is 76.2 cm³/mol. The third-order valence-electron chi connectivity index (χ3n) is 3.20. The van der Waals surface area contributed by atoms with Crippen LogP contribution in [0.4, 0.5) is 11.4 Å². The van der Waals surface area contributed by atoms with Gasteiger partial charge in [-0.15, -0.1) is 0 Å². The van der Waals surface area contributed by atoms with Gasteiger partial charge in [-0.1, -0.05) is 18.5 Å². The molecule has 0 saturated carbocycles. The highest BCUT2D eigenvalue weighted by Crippen LogP contribution is 2.22. The Hall–Kier alpha value is -0.970. The molecule has 1 heterocycles. The zero-order chi connectivity index (χ0) is 13.0. The Morgan fingerprint density at radius 1 is 1.56 bits per heavy atom. The number of hydrogen-bond acceptors (Lipinski definition) is 4. The van der Waals surface area contributed by atoms with E-state index in [1.54, 1.807) is 6.07 Å². The number of likely N-dealkylation sites (N-methyl/N-ethyl adjacent to an activating group) is 1. The Balaban J connectivity index is 1.87. The second kappa shape index (κ2) is 6.27. The smallest absolute Gasteiger partial charge is 0.0874 e. The van der Waals surface area contributed by atoms with Crippen molar-refractivity contribution in [1.82, 2.24) is 4.90 Å². The average molecular weight is 270 g/mol. The van der Waals surface area contributed by atoms with Crippen LogP contribution in [0.5, 0.6) is 0 Å². The van der Waals surface area contributed by atoms with E-state index < -0.39 is 0 Å². The van der Waals surface area contributed by atoms with Crippen LogP contribution < -0.4 is 11.1 Å². The number of nitrogens with one attached hydrogen (secondary N) is 1. The van der Waals surface area contributed by atoms with Gasteiger partial charge in [0.2, 0.25) is 0 Å². The van der Waals surface area contributed by atoms with Crippen molar-refractivity contribution in [1.29, 1.82) is 0 Å². The molecule has 0 amide bonds. The van der Waals surface area contributed by atoms with Crippen molar-refractivity contribution in [3.05, 3.63) is 23.2 Å². The molecule has 0 aliphatic carbocycles. The molecule has 1 aromatic rings. The van der Waals surface area contributed by atoms with E-state index in [1.807, 2.05) is 12.1 Å². The number of nitrogens with two attached hydrogens (primary N) is 1. The summed E-state index contributed by atoms with van der Waals surface area (Å²) in [5, 5.41) is 3.98. The number of ether oxygens (including phenoxy) is 1. The zero-order valence-electron chi connectivity index (χ0n) is 10.7. The van der Waals surface area contributed by atoms with Gasteiger partial charge in [0.1, 0.15) is 0 Å². The Morgan fingerprint density at radius 2 is 2.39 bits per heavy atom. The number of benzene rings is 1. The van der Waals surface area contributed by atoms with Gasteiger partial charge < -0.3 is 15.8 Å². The number of rotatable bonds is 4. The van der Waals surface area contributed by atoms with Crippen molar-refractivity contribution in [2.75, 3.05) is 43.8 Å². The van der Waals surface area contributed by atoms with Crippen LogP contribution in [0.1, 0.15) is 6.92 Å². The van der Waals surface area contributed by atoms with Crippen LogP contribution in [0.2, 0.25) is 5.02 Å². The minimum atomic E-state index is 0.216. The van der Waals surface area contributed by atoms with Crippen molar-refractivity contribution in [2.45, 2.75) is 13.0 Å². The number of nitrogens with zero attached hydrogens (tertiary/aromatic N) is 1. The number of nitrogen functional groups attached to an aromatic ring is 1. The van der Waals surface area contributed by atoms with Crippen LogP contribution in [0.3, 0.4) is 0 Å². The molecule has 1 aliphatic heterocycles. The summed E-state index contributed by atoms with van der Waals surface area (Å²) in [5.74, 6) is 0. The molecule has 18 heavy (non-hydrogen) atoms. The quantitative estimate of drug-likeness (QED) is 0.822. The molecule has 0 bridgehead atoms. The molecule has 1 unspecified atom stereocenters. The Bertz CT molecular complexity index is 400. The maximum absolute atomic E-state index is 5.89. The lowest BCUT2D eigenvalue weighted by Gasteiger charge is -2.32. The van der Waals surface area contributed by atoms with Gasteiger partial charge in [-0.3, -0.25) is 4.90 Å². The number of halogens is 1. The van der Waals surface area contributed by atoms with E-state index in [4.69, 9.17) is 22.1 Å². The van der Waals surface area contributed by atoms with Crippen molar-refractivity contribution in [3.63, 3.8) is 0 Å². The van der Waals surface area contributed by atoms with E-state index >= 15 is 0 Å². The van der Waals surface area contributed by atoms with Crippen LogP contribution in [-0.2, 0) is 4.74 Å². The first-order chi connectivity index (χ1) is 8.69. The Kier molecular flexibility index (Phi) is 4.69. The summed E-state index contributed by atoms with van der Waals surface area (Å²) in [6.45, 7) is 6.81. The first-order valence-corrected chi connectivity index (χ1v) is 6.69. The van der Waals surface area contributed by atoms with Gasteiger partial charge in [0.25, 0.3) is 0 Å². The van der Waals surface area contributed by atoms with Crippen LogP contribution in [0.25, 0.3) is 0 Å². The predicted octanol–water partition coefficient (Wildman–Crippen LogP) is 2.05. The van der Waals surface area contributed by atoms with Crippen molar-refractivity contribution in [3.8, 4) is 0 Å². The van der Waals surface area contributed by atoms with Gasteiger partial charge in [-0.2, -0.15) is 0 Å². The van der Waals surface area contributed by atoms with Crippen molar-refractivity contribution < 1.29 is 4.74 Å². The molecule has 1 atom stereocenters. The van der Waals surface area contributed by atoms with E-state index in [1.165, 1.54) is 0 Å². The normalized spacial score (nSPS) is 20.9. The maximum Gasteiger partial charge on any atom is 0.0874 e. The average Bonchev–Trinajstić information content (AvgIpc) is 2.38. The maximum atomic E-state index is 5.89. The molecule has 1 saturated heterocycles. The first kappa shape index (κ1) is 13.5. The van der Waals surface area contributed by atoms with Crippen LogP contribution >= 0.6 is 11.6 Å². The Labute approximate surface area is 113 Å². The summed E-state index contributed by atoms with van der Waals surface area (Å²) >= 11 is 5.86. The van der Waals surface area contributed by atoms with E-state index in [0.717, 1.165) is 38.5 Å². The second-order valence-corrected chi connectivity index (χ2v) is 4.93. The minimum absolute atomic E-state index is 0.216. The van der Waals surface area contributed by atoms with Crippen molar-refractivity contribution >= 4 is 23.0 Å². The van der Waals surface area contributed by atoms with Gasteiger partial charge in [-0.05, 0) is 24.7 Å². The number of hydrogen-bond donors (Lipinski definition) is 2. The summed E-state index contributed by atoms with van der Waals surface area (Å²) in [4.78, 5) is 2.39. The fourth-order valence-electron chi connectivity index (χ4n) is 2.11. The molecule has 0 spiro atoms. The molecule has 0 aromatic heterocycles. The summed E-state index contributed by atoms with van der Waals surface area (Å²) < 4.78 is 5.72. The van der Waals surface area contributed by atoms with Gasteiger partial charge in [0.15, 0.2) is 0 Å². The lowest BCUT2D eigenvalue weighted by molar-refractivity contribution is -0.0191. The topological polar surface area (TPSA) is 50.5 Å². The molecule has 5 heteroatoms. The van der Waals surface area contributed by atoms with E-state index in [-0.39, 0.29) is 6.10 Å². The summed E-state index contributed by atoms with van der Waals surface area (Å²) in [7, 11) is 0. The molecule has 1 aliphatic rings. The summed E-state index contributed by atoms with van der Waals surface area (Å²) in [6, 6.07) is 5.49. The minimum Gasteiger partial charge on any atom is -0.397 e. The standard InChI is InChI=1S/C13H20ClN3O/c1-2-17-5-6-18-11(9-17)8-16-13-4-3-10(14)7-12(13)15/h3-4,7,11,16H,2,5-6,8-9,15H2,1H3. The zero-order valence-corrected chi connectivity index (χ0v) is 11.4. The molecule has 100 valence electrons. The monoisotopic (exact) mass is 269 g/mol. The highest BCUT2D eigenvalue weighted by molar-refractivity contribution is 6.31. The number of morpholine rings is 1. The highest BCUT2D eigenvalue weighted by atomic mass is 35.5. The second-order valence-electron chi connectivity index (χ2n) is 4.50. The van der Waals surface area contributed by atoms with Gasteiger partial charge in [0.05, 0.1) is 24.1 Å². The van der Waals surface area contributed by atoms with Gasteiger partial charge in [0, 0.05) is 24.7 Å². The van der Waals surface area contributed by atoms with Gasteiger partial charge >= 0.3 is 0 Å². The summed E-state index contributed by atoms with van der Waals surface area (Å²) in [6.07, 6.45) is 0.216. The van der Waals surface area contributed by atoms with E-state index in [9.17, 15) is 0 Å². The SMILES string of the molecule is CCN1CCOC(CNc2ccc(Cl)cc2N)C1. The fourth-order valence-corrected chi connectivity index (χ4v) is 2.29. The third kappa shape index (κ3) is 3.51. The lowest BCUT2D eigenvalue weighted by atomic mass is 10.2. The first-order valence-electron chi connectivity index (χ1n) is 6.32. The molecule has 2 rings (SSSR count). The molecule has 1 fully saturated rings. The molecule has 1 aromatic carbocycles. The lowest BCUT2D eigenvalue weighted by Crippen LogP contribution is -2.45. The van der Waals surface area contributed by atoms with Crippen molar-refractivity contribution in [2.24, 2.45) is 0 Å². The van der Waals surface area contributed by atoms with Crippen LogP contribution in [0, 0.1) is 0 Å². The molecular formula is C13H20ClN3O. The van der Waals surface area contributed by atoms with E-state index in [2.05, 4.69) is 17.1 Å². The summed E-state index contributed by atoms with van der Waals surface area (Å²) in [5.41, 5.74) is 7.48. The highest BCUT2D eigenvalue weighted by Gasteiger charge is 2.18. The van der Waals surface area contributed by atoms with Gasteiger partial charge in [-0.25, -0.2) is 0 Å². The fraction of sp³-hybridized carbons (Fsp3) is 0.538. The van der Waals surface area contributed by atoms with E-state index in [0.29, 0.717) is 10.7 Å². The van der Waals surface area contributed by atoms with Crippen LogP contribution in [0.15, 0.2) is 18.2 Å². The third-order valence-corrected chi connectivity index (χ3v) is 3.44. The molecular weight excluding hydrogens is 250 g/mol. The number of anilines is 2. The molecule has 3 N–H and O–H groups in total. The Morgan fingerprint density at radius 3 is 3.11 bits per heavy atom. The van der Waals surface area contributed by atoms with Crippen LogP contribution in [-0.4, -0.2) is 43.8 Å². The molecule has 4 nitrogen and oxygen atoms in total.